The van der Waals surface area contributed by atoms with Gasteiger partial charge in [0.15, 0.2) is 0 Å². The van der Waals surface area contributed by atoms with E-state index in [0.717, 1.165) is 0 Å². The number of hydrogen-bond donors (Lipinski definition) is 0. The van der Waals surface area contributed by atoms with Crippen molar-refractivity contribution in [2.75, 3.05) is 0 Å². The Kier molecular flexibility index (Phi) is 3.86. The fourth-order valence-electron chi connectivity index (χ4n) is 1.25. The van der Waals surface area contributed by atoms with Gasteiger partial charge in [0.05, 0.1) is 3.57 Å². The van der Waals surface area contributed by atoms with Crippen LogP contribution in [0.25, 0.3) is 0 Å². The Morgan fingerprint density at radius 1 is 1.07 bits per heavy atom. The molecule has 0 fully saturated rings. The maximum absolute atomic E-state index is 13.5. The molecule has 0 aliphatic heterocycles. The Balaban J connectivity index is 3.15. The fourth-order valence-corrected chi connectivity index (χ4v) is 1.68. The summed E-state index contributed by atoms with van der Waals surface area (Å²) in [5, 5.41) is 0. The molecule has 78 valence electrons. The smallest absolute Gasteiger partial charge is 0.137 e. The van der Waals surface area contributed by atoms with Gasteiger partial charge in [-0.15, -0.1) is 0 Å². The van der Waals surface area contributed by atoms with Gasteiger partial charge in [0.1, 0.15) is 11.6 Å². The lowest BCUT2D eigenvalue weighted by atomic mass is 9.90. The molecule has 0 saturated carbocycles. The SMILES string of the molecule is CC(C)C(C)c1cc(F)c(I)cc1F. The normalized spacial score (nSPS) is 13.4. The van der Waals surface area contributed by atoms with Gasteiger partial charge in [-0.25, -0.2) is 8.78 Å². The highest BCUT2D eigenvalue weighted by Gasteiger charge is 2.16. The molecule has 14 heavy (non-hydrogen) atoms. The van der Waals surface area contributed by atoms with Crippen molar-refractivity contribution in [3.8, 4) is 0 Å². The second-order valence-corrected chi connectivity index (χ2v) is 4.98. The summed E-state index contributed by atoms with van der Waals surface area (Å²) in [4.78, 5) is 0. The molecule has 0 amide bonds. The van der Waals surface area contributed by atoms with Crippen molar-refractivity contribution in [1.82, 2.24) is 0 Å². The molecule has 1 unspecified atom stereocenters. The summed E-state index contributed by atoms with van der Waals surface area (Å²) in [6.45, 7) is 5.91. The Morgan fingerprint density at radius 2 is 1.64 bits per heavy atom. The highest BCUT2D eigenvalue weighted by Crippen LogP contribution is 2.28. The van der Waals surface area contributed by atoms with E-state index in [1.165, 1.54) is 12.1 Å². The minimum Gasteiger partial charge on any atom is -0.207 e. The quantitative estimate of drug-likeness (QED) is 0.563. The molecule has 0 spiro atoms. The van der Waals surface area contributed by atoms with Crippen molar-refractivity contribution >= 4 is 22.6 Å². The van der Waals surface area contributed by atoms with Gasteiger partial charge in [0.2, 0.25) is 0 Å². The highest BCUT2D eigenvalue weighted by atomic mass is 127. The largest absolute Gasteiger partial charge is 0.207 e. The first-order valence-corrected chi connectivity index (χ1v) is 5.65. The van der Waals surface area contributed by atoms with Crippen molar-refractivity contribution in [1.29, 1.82) is 0 Å². The number of rotatable bonds is 2. The third-order valence-electron chi connectivity index (χ3n) is 2.53. The van der Waals surface area contributed by atoms with E-state index in [-0.39, 0.29) is 17.6 Å². The summed E-state index contributed by atoms with van der Waals surface area (Å²) in [7, 11) is 0. The molecule has 3 heteroatoms. The lowest BCUT2D eigenvalue weighted by molar-refractivity contribution is 0.493. The van der Waals surface area contributed by atoms with Crippen molar-refractivity contribution in [3.05, 3.63) is 32.9 Å². The van der Waals surface area contributed by atoms with Crippen molar-refractivity contribution in [3.63, 3.8) is 0 Å². The zero-order chi connectivity index (χ0) is 10.9. The standard InChI is InChI=1S/C11H13F2I/c1-6(2)7(3)8-4-10(13)11(14)5-9(8)12/h4-7H,1-3H3. The van der Waals surface area contributed by atoms with Crippen LogP contribution >= 0.6 is 22.6 Å². The molecule has 1 atom stereocenters. The molecule has 0 bridgehead atoms. The van der Waals surface area contributed by atoms with Gasteiger partial charge in [0.25, 0.3) is 0 Å². The van der Waals surface area contributed by atoms with Gasteiger partial charge in [-0.05, 0) is 52.1 Å². The van der Waals surface area contributed by atoms with Gasteiger partial charge in [0, 0.05) is 0 Å². The number of benzene rings is 1. The first-order valence-electron chi connectivity index (χ1n) is 4.58. The molecular weight excluding hydrogens is 297 g/mol. The summed E-state index contributed by atoms with van der Waals surface area (Å²) < 4.78 is 27.0. The van der Waals surface area contributed by atoms with Crippen molar-refractivity contribution < 1.29 is 8.78 Å². The second-order valence-electron chi connectivity index (χ2n) is 3.82. The number of halogens is 3. The highest BCUT2D eigenvalue weighted by molar-refractivity contribution is 14.1. The van der Waals surface area contributed by atoms with Gasteiger partial charge < -0.3 is 0 Å². The van der Waals surface area contributed by atoms with Gasteiger partial charge in [-0.3, -0.25) is 0 Å². The molecule has 0 aliphatic rings. The molecule has 0 heterocycles. The van der Waals surface area contributed by atoms with Crippen molar-refractivity contribution in [2.24, 2.45) is 5.92 Å². The monoisotopic (exact) mass is 310 g/mol. The molecule has 1 aromatic carbocycles. The fraction of sp³-hybridized carbons (Fsp3) is 0.455. The Bertz CT molecular complexity index is 334. The van der Waals surface area contributed by atoms with E-state index < -0.39 is 0 Å². The van der Waals surface area contributed by atoms with E-state index in [2.05, 4.69) is 0 Å². The Hall–Kier alpha value is -0.190. The molecular formula is C11H13F2I. The number of hydrogen-bond acceptors (Lipinski definition) is 0. The van der Waals surface area contributed by atoms with Gasteiger partial charge in [-0.2, -0.15) is 0 Å². The average molecular weight is 310 g/mol. The van der Waals surface area contributed by atoms with E-state index in [1.54, 1.807) is 22.6 Å². The third-order valence-corrected chi connectivity index (χ3v) is 3.36. The van der Waals surface area contributed by atoms with Crippen LogP contribution in [-0.4, -0.2) is 0 Å². The molecule has 1 aromatic rings. The molecule has 0 saturated heterocycles. The van der Waals surface area contributed by atoms with Crippen LogP contribution in [0.4, 0.5) is 8.78 Å². The lowest BCUT2D eigenvalue weighted by Gasteiger charge is -2.17. The van der Waals surface area contributed by atoms with Gasteiger partial charge in [-0.1, -0.05) is 20.8 Å². The minimum absolute atomic E-state index is 0.0431. The molecule has 1 rings (SSSR count). The average Bonchev–Trinajstić information content (AvgIpc) is 2.10. The predicted octanol–water partition coefficient (Wildman–Crippen LogP) is 4.33. The molecule has 0 aliphatic carbocycles. The zero-order valence-corrected chi connectivity index (χ0v) is 10.6. The lowest BCUT2D eigenvalue weighted by Crippen LogP contribution is -2.06. The summed E-state index contributed by atoms with van der Waals surface area (Å²) >= 11 is 1.79. The van der Waals surface area contributed by atoms with Crippen LogP contribution < -0.4 is 0 Å². The van der Waals surface area contributed by atoms with Crippen LogP contribution in [0.3, 0.4) is 0 Å². The maximum Gasteiger partial charge on any atom is 0.137 e. The van der Waals surface area contributed by atoms with E-state index in [0.29, 0.717) is 15.1 Å². The van der Waals surface area contributed by atoms with Crippen LogP contribution in [0.15, 0.2) is 12.1 Å². The molecule has 0 N–H and O–H groups in total. The topological polar surface area (TPSA) is 0 Å². The van der Waals surface area contributed by atoms with Crippen LogP contribution in [0.2, 0.25) is 0 Å². The Labute approximate surface area is 96.8 Å². The van der Waals surface area contributed by atoms with E-state index in [4.69, 9.17) is 0 Å². The predicted molar refractivity (Wildman–Crippen MR) is 62.3 cm³/mol. The summed E-state index contributed by atoms with van der Waals surface area (Å²) in [5.41, 5.74) is 0.470. The maximum atomic E-state index is 13.5. The van der Waals surface area contributed by atoms with Crippen LogP contribution in [0, 0.1) is 21.1 Å². The first kappa shape index (κ1) is 11.9. The zero-order valence-electron chi connectivity index (χ0n) is 8.44. The first-order chi connectivity index (χ1) is 6.43. The third kappa shape index (κ3) is 2.43. The molecule has 0 nitrogen and oxygen atoms in total. The van der Waals surface area contributed by atoms with E-state index in [1.807, 2.05) is 20.8 Å². The van der Waals surface area contributed by atoms with E-state index >= 15 is 0 Å². The second kappa shape index (κ2) is 4.55. The summed E-state index contributed by atoms with van der Waals surface area (Å²) in [6.07, 6.45) is 0. The summed E-state index contributed by atoms with van der Waals surface area (Å²) in [5.74, 6) is -0.294. The Morgan fingerprint density at radius 3 is 2.14 bits per heavy atom. The van der Waals surface area contributed by atoms with Crippen molar-refractivity contribution in [2.45, 2.75) is 26.7 Å². The summed E-state index contributed by atoms with van der Waals surface area (Å²) in [6, 6.07) is 2.56. The van der Waals surface area contributed by atoms with Gasteiger partial charge >= 0.3 is 0 Å². The van der Waals surface area contributed by atoms with Crippen LogP contribution in [0.1, 0.15) is 32.3 Å². The van der Waals surface area contributed by atoms with Crippen LogP contribution in [0.5, 0.6) is 0 Å². The van der Waals surface area contributed by atoms with Crippen LogP contribution in [-0.2, 0) is 0 Å². The minimum atomic E-state index is -0.338. The molecule has 0 radical (unpaired) electrons. The molecule has 0 aromatic heterocycles. The van der Waals surface area contributed by atoms with E-state index in [9.17, 15) is 8.78 Å².